The SMILES string of the molecule is CCOC(CC[O-])OCC.[K+]. The fourth-order valence-corrected chi connectivity index (χ4v) is 0.683. The molecule has 0 atom stereocenters. The molecular weight excluding hydrogens is 171 g/mol. The maximum atomic E-state index is 10.1. The number of hydrogen-bond donors (Lipinski definition) is 0. The van der Waals surface area contributed by atoms with Gasteiger partial charge in [0.15, 0.2) is 6.29 Å². The summed E-state index contributed by atoms with van der Waals surface area (Å²) in [6.07, 6.45) is 0.161. The average Bonchev–Trinajstić information content (AvgIpc) is 1.90. The van der Waals surface area contributed by atoms with Gasteiger partial charge in [-0.05, 0) is 20.3 Å². The van der Waals surface area contributed by atoms with Crippen LogP contribution in [0.15, 0.2) is 0 Å². The van der Waals surface area contributed by atoms with Crippen LogP contribution in [0.3, 0.4) is 0 Å². The van der Waals surface area contributed by atoms with Crippen molar-refractivity contribution < 1.29 is 66.0 Å². The van der Waals surface area contributed by atoms with E-state index in [0.29, 0.717) is 19.6 Å². The zero-order chi connectivity index (χ0) is 7.82. The van der Waals surface area contributed by atoms with Gasteiger partial charge in [0.1, 0.15) is 0 Å². The maximum Gasteiger partial charge on any atom is 1.00 e. The Labute approximate surface area is 111 Å². The van der Waals surface area contributed by atoms with Crippen LogP contribution in [0.5, 0.6) is 0 Å². The van der Waals surface area contributed by atoms with E-state index in [9.17, 15) is 5.11 Å². The van der Waals surface area contributed by atoms with Gasteiger partial charge in [0.25, 0.3) is 0 Å². The van der Waals surface area contributed by atoms with Crippen molar-refractivity contribution in [3.63, 3.8) is 0 Å². The minimum Gasteiger partial charge on any atom is -0.854 e. The molecule has 0 aromatic rings. The average molecular weight is 186 g/mol. The summed E-state index contributed by atoms with van der Waals surface area (Å²) in [6, 6.07) is 0. The first-order valence-electron chi connectivity index (χ1n) is 3.66. The van der Waals surface area contributed by atoms with Gasteiger partial charge >= 0.3 is 51.4 Å². The van der Waals surface area contributed by atoms with Gasteiger partial charge in [0.05, 0.1) is 0 Å². The smallest absolute Gasteiger partial charge is 0.854 e. The van der Waals surface area contributed by atoms with E-state index >= 15 is 0 Å². The van der Waals surface area contributed by atoms with Gasteiger partial charge in [-0.15, -0.1) is 6.61 Å². The van der Waals surface area contributed by atoms with Crippen molar-refractivity contribution in [1.29, 1.82) is 0 Å². The van der Waals surface area contributed by atoms with Crippen molar-refractivity contribution in [3.8, 4) is 0 Å². The molecule has 0 aliphatic carbocycles. The summed E-state index contributed by atoms with van der Waals surface area (Å²) < 4.78 is 10.2. The van der Waals surface area contributed by atoms with Crippen LogP contribution >= 0.6 is 0 Å². The standard InChI is InChI=1S/C7H15O3.K/c1-3-9-7(5-6-8)10-4-2;/h7H,3-6H2,1-2H3;/q-1;+1. The third kappa shape index (κ3) is 9.43. The zero-order valence-corrected chi connectivity index (χ0v) is 10.8. The van der Waals surface area contributed by atoms with Crippen molar-refractivity contribution in [2.24, 2.45) is 0 Å². The fraction of sp³-hybridized carbons (Fsp3) is 1.00. The maximum absolute atomic E-state index is 10.1. The van der Waals surface area contributed by atoms with Crippen LogP contribution in [-0.4, -0.2) is 26.1 Å². The van der Waals surface area contributed by atoms with Gasteiger partial charge < -0.3 is 14.6 Å². The predicted octanol–water partition coefficient (Wildman–Crippen LogP) is -2.86. The van der Waals surface area contributed by atoms with Gasteiger partial charge in [-0.3, -0.25) is 0 Å². The summed E-state index contributed by atoms with van der Waals surface area (Å²) >= 11 is 0. The Morgan fingerprint density at radius 1 is 1.18 bits per heavy atom. The zero-order valence-electron chi connectivity index (χ0n) is 7.63. The molecule has 0 saturated carbocycles. The predicted molar refractivity (Wildman–Crippen MR) is 36.5 cm³/mol. The largest absolute Gasteiger partial charge is 1.00 e. The summed E-state index contributed by atoms with van der Waals surface area (Å²) in [4.78, 5) is 0. The summed E-state index contributed by atoms with van der Waals surface area (Å²) in [5, 5.41) is 10.1. The van der Waals surface area contributed by atoms with E-state index in [1.807, 2.05) is 13.8 Å². The Morgan fingerprint density at radius 3 is 1.91 bits per heavy atom. The molecule has 0 aromatic heterocycles. The van der Waals surface area contributed by atoms with Crippen LogP contribution in [0.2, 0.25) is 0 Å². The normalized spacial score (nSPS) is 9.82. The molecule has 0 heterocycles. The molecule has 0 spiro atoms. The second kappa shape index (κ2) is 11.5. The second-order valence-corrected chi connectivity index (χ2v) is 1.83. The minimum absolute atomic E-state index is 0. The van der Waals surface area contributed by atoms with E-state index < -0.39 is 0 Å². The number of rotatable bonds is 6. The molecule has 3 nitrogen and oxygen atoms in total. The van der Waals surface area contributed by atoms with Crippen molar-refractivity contribution >= 4 is 0 Å². The minimum atomic E-state index is -0.285. The first-order chi connectivity index (χ1) is 4.85. The van der Waals surface area contributed by atoms with E-state index in [4.69, 9.17) is 9.47 Å². The molecule has 0 saturated heterocycles. The van der Waals surface area contributed by atoms with Crippen LogP contribution < -0.4 is 56.5 Å². The van der Waals surface area contributed by atoms with Crippen molar-refractivity contribution in [2.45, 2.75) is 26.6 Å². The molecule has 0 aliphatic rings. The molecule has 0 aromatic carbocycles. The molecule has 4 heteroatoms. The van der Waals surface area contributed by atoms with Crippen molar-refractivity contribution in [1.82, 2.24) is 0 Å². The quantitative estimate of drug-likeness (QED) is 0.331. The molecule has 0 N–H and O–H groups in total. The Balaban J connectivity index is 0. The molecule has 0 amide bonds. The van der Waals surface area contributed by atoms with Gasteiger partial charge in [-0.2, -0.15) is 0 Å². The molecule has 0 aliphatic heterocycles. The first-order valence-corrected chi connectivity index (χ1v) is 3.66. The fourth-order valence-electron chi connectivity index (χ4n) is 0.683. The van der Waals surface area contributed by atoms with E-state index in [1.165, 1.54) is 0 Å². The summed E-state index contributed by atoms with van der Waals surface area (Å²) in [5.74, 6) is 0. The molecule has 0 bridgehead atoms. The van der Waals surface area contributed by atoms with E-state index in [1.54, 1.807) is 0 Å². The van der Waals surface area contributed by atoms with Gasteiger partial charge in [-0.1, -0.05) is 0 Å². The molecule has 0 fully saturated rings. The van der Waals surface area contributed by atoms with Crippen LogP contribution in [-0.2, 0) is 9.47 Å². The number of ether oxygens (including phenoxy) is 2. The van der Waals surface area contributed by atoms with E-state index in [-0.39, 0.29) is 64.3 Å². The Kier molecular flexibility index (Phi) is 15.7. The van der Waals surface area contributed by atoms with Gasteiger partial charge in [-0.25, -0.2) is 0 Å². The molecular formula is C7H15KO3. The Hall–Kier alpha value is 1.52. The molecule has 0 rings (SSSR count). The third-order valence-corrected chi connectivity index (χ3v) is 1.06. The van der Waals surface area contributed by atoms with Crippen LogP contribution in [0, 0.1) is 0 Å². The molecule has 0 unspecified atom stereocenters. The monoisotopic (exact) mass is 186 g/mol. The third-order valence-electron chi connectivity index (χ3n) is 1.06. The van der Waals surface area contributed by atoms with Crippen LogP contribution in [0.1, 0.15) is 20.3 Å². The number of hydrogen-bond acceptors (Lipinski definition) is 3. The van der Waals surface area contributed by atoms with Crippen LogP contribution in [0.25, 0.3) is 0 Å². The van der Waals surface area contributed by atoms with E-state index in [0.717, 1.165) is 0 Å². The van der Waals surface area contributed by atoms with Crippen molar-refractivity contribution in [3.05, 3.63) is 0 Å². The summed E-state index contributed by atoms with van der Waals surface area (Å²) in [7, 11) is 0. The summed E-state index contributed by atoms with van der Waals surface area (Å²) in [5.41, 5.74) is 0. The first kappa shape index (κ1) is 15.0. The topological polar surface area (TPSA) is 41.5 Å². The summed E-state index contributed by atoms with van der Waals surface area (Å²) in [6.45, 7) is 4.84. The van der Waals surface area contributed by atoms with E-state index in [2.05, 4.69) is 0 Å². The molecule has 0 radical (unpaired) electrons. The Bertz CT molecular complexity index is 56.4. The Morgan fingerprint density at radius 2 is 1.64 bits per heavy atom. The second-order valence-electron chi connectivity index (χ2n) is 1.83. The van der Waals surface area contributed by atoms with Gasteiger partial charge in [0.2, 0.25) is 0 Å². The molecule has 62 valence electrons. The van der Waals surface area contributed by atoms with Crippen LogP contribution in [0.4, 0.5) is 0 Å². The van der Waals surface area contributed by atoms with Crippen molar-refractivity contribution in [2.75, 3.05) is 19.8 Å². The van der Waals surface area contributed by atoms with Gasteiger partial charge in [0, 0.05) is 13.2 Å². The molecule has 11 heavy (non-hydrogen) atoms.